The minimum atomic E-state index is -1.12. The lowest BCUT2D eigenvalue weighted by atomic mass is 9.97. The first-order valence-corrected chi connectivity index (χ1v) is 8.98. The van der Waals surface area contributed by atoms with Crippen LogP contribution in [-0.4, -0.2) is 53.7 Å². The number of hydrogen-bond acceptors (Lipinski definition) is 5. The van der Waals surface area contributed by atoms with Gasteiger partial charge in [-0.1, -0.05) is 0 Å². The van der Waals surface area contributed by atoms with Crippen molar-refractivity contribution in [2.75, 3.05) is 25.5 Å². The first kappa shape index (κ1) is 17.7. The Hall–Kier alpha value is -2.08. The minimum Gasteiger partial charge on any atom is -0.465 e. The molecule has 0 radical (unpaired) electrons. The average molecular weight is 346 g/mol. The molecule has 1 aliphatic carbocycles. The van der Waals surface area contributed by atoms with E-state index in [1.165, 1.54) is 7.11 Å². The van der Waals surface area contributed by atoms with E-state index in [0.717, 1.165) is 31.4 Å². The molecule has 0 spiro atoms. The highest BCUT2D eigenvalue weighted by molar-refractivity contribution is 5.89. The van der Waals surface area contributed by atoms with Gasteiger partial charge in [-0.2, -0.15) is 0 Å². The van der Waals surface area contributed by atoms with Gasteiger partial charge in [0.2, 0.25) is 0 Å². The van der Waals surface area contributed by atoms with Gasteiger partial charge in [-0.15, -0.1) is 0 Å². The number of ether oxygens (including phenoxy) is 1. The number of benzene rings is 1. The lowest BCUT2D eigenvalue weighted by molar-refractivity contribution is -0.151. The largest absolute Gasteiger partial charge is 0.465 e. The topological polar surface area (TPSA) is 78.9 Å². The summed E-state index contributed by atoms with van der Waals surface area (Å²) in [5, 5.41) is 13.9. The predicted molar refractivity (Wildman–Crippen MR) is 94.4 cm³/mol. The Balaban J connectivity index is 1.51. The number of anilines is 1. The molecule has 1 aromatic carbocycles. The van der Waals surface area contributed by atoms with Gasteiger partial charge in [-0.3, -0.25) is 4.79 Å². The van der Waals surface area contributed by atoms with Crippen LogP contribution in [0.2, 0.25) is 0 Å². The van der Waals surface area contributed by atoms with Gasteiger partial charge in [0.1, 0.15) is 5.60 Å². The Labute approximate surface area is 148 Å². The Kier molecular flexibility index (Phi) is 5.27. The summed E-state index contributed by atoms with van der Waals surface area (Å²) >= 11 is 0. The summed E-state index contributed by atoms with van der Waals surface area (Å²) in [6.45, 7) is 1.33. The number of nitrogens with zero attached hydrogens (tertiary/aromatic N) is 1. The second kappa shape index (κ2) is 7.44. The van der Waals surface area contributed by atoms with Crippen molar-refractivity contribution >= 4 is 17.6 Å². The van der Waals surface area contributed by atoms with Crippen LogP contribution in [0.5, 0.6) is 0 Å². The first-order valence-electron chi connectivity index (χ1n) is 8.98. The van der Waals surface area contributed by atoms with E-state index < -0.39 is 5.60 Å². The number of esters is 1. The quantitative estimate of drug-likeness (QED) is 0.817. The fourth-order valence-electron chi connectivity index (χ4n) is 3.75. The third-order valence-electron chi connectivity index (χ3n) is 5.29. The molecule has 2 N–H and O–H groups in total. The maximum atomic E-state index is 12.5. The van der Waals surface area contributed by atoms with Crippen LogP contribution in [0, 0.1) is 0 Å². The van der Waals surface area contributed by atoms with Crippen LogP contribution in [0.25, 0.3) is 0 Å². The molecular formula is C19H26N2O4. The van der Waals surface area contributed by atoms with E-state index >= 15 is 0 Å². The summed E-state index contributed by atoms with van der Waals surface area (Å²) in [6, 6.07) is 7.49. The van der Waals surface area contributed by atoms with Gasteiger partial charge in [0.15, 0.2) is 0 Å². The van der Waals surface area contributed by atoms with Crippen molar-refractivity contribution in [3.63, 3.8) is 0 Å². The fraction of sp³-hybridized carbons (Fsp3) is 0.579. The molecular weight excluding hydrogens is 320 g/mol. The first-order chi connectivity index (χ1) is 12.0. The van der Waals surface area contributed by atoms with Gasteiger partial charge in [-0.25, -0.2) is 4.79 Å². The van der Waals surface area contributed by atoms with Crippen LogP contribution in [0.4, 0.5) is 5.69 Å². The highest BCUT2D eigenvalue weighted by atomic mass is 16.5. The Morgan fingerprint density at radius 3 is 2.32 bits per heavy atom. The molecule has 0 atom stereocenters. The molecule has 1 heterocycles. The number of rotatable bonds is 4. The molecule has 1 aromatic rings. The van der Waals surface area contributed by atoms with Gasteiger partial charge in [-0.05, 0) is 62.8 Å². The van der Waals surface area contributed by atoms with Crippen molar-refractivity contribution in [2.24, 2.45) is 0 Å². The van der Waals surface area contributed by atoms with E-state index in [2.05, 4.69) is 5.32 Å². The second-order valence-electron chi connectivity index (χ2n) is 7.02. The highest BCUT2D eigenvalue weighted by Gasteiger charge is 2.42. The van der Waals surface area contributed by atoms with Crippen molar-refractivity contribution in [1.29, 1.82) is 0 Å². The monoisotopic (exact) mass is 346 g/mol. The number of hydrogen-bond donors (Lipinski definition) is 2. The van der Waals surface area contributed by atoms with Gasteiger partial charge in [0.25, 0.3) is 5.91 Å². The zero-order chi connectivity index (χ0) is 17.9. The highest BCUT2D eigenvalue weighted by Crippen LogP contribution is 2.32. The average Bonchev–Trinajstić information content (AvgIpc) is 3.09. The molecule has 0 aromatic heterocycles. The summed E-state index contributed by atoms with van der Waals surface area (Å²) in [5.74, 6) is -0.436. The molecule has 25 heavy (non-hydrogen) atoms. The second-order valence-corrected chi connectivity index (χ2v) is 7.02. The smallest absolute Gasteiger partial charge is 0.337 e. The maximum absolute atomic E-state index is 12.5. The summed E-state index contributed by atoms with van der Waals surface area (Å²) in [7, 11) is 1.37. The molecule has 6 heteroatoms. The standard InChI is InChI=1S/C19H26N2O4/c1-25-17(22)14-4-6-15(7-5-14)20-16-8-12-21(13-9-16)18(23)19(24)10-2-3-11-19/h4-7,16,20,24H,2-3,8-13H2,1H3. The van der Waals surface area contributed by atoms with Crippen molar-refractivity contribution < 1.29 is 19.4 Å². The van der Waals surface area contributed by atoms with Crippen molar-refractivity contribution in [3.05, 3.63) is 29.8 Å². The zero-order valence-corrected chi connectivity index (χ0v) is 14.7. The molecule has 6 nitrogen and oxygen atoms in total. The molecule has 136 valence electrons. The molecule has 1 saturated carbocycles. The van der Waals surface area contributed by atoms with Gasteiger partial charge in [0.05, 0.1) is 12.7 Å². The van der Waals surface area contributed by atoms with E-state index in [1.54, 1.807) is 12.1 Å². The molecule has 3 rings (SSSR count). The van der Waals surface area contributed by atoms with Gasteiger partial charge < -0.3 is 20.1 Å². The number of aliphatic hydroxyl groups is 1. The van der Waals surface area contributed by atoms with Crippen LogP contribution in [0.3, 0.4) is 0 Å². The molecule has 2 fully saturated rings. The number of piperidine rings is 1. The van der Waals surface area contributed by atoms with Crippen molar-refractivity contribution in [1.82, 2.24) is 4.90 Å². The third-order valence-corrected chi connectivity index (χ3v) is 5.29. The lowest BCUT2D eigenvalue weighted by Gasteiger charge is -2.36. The predicted octanol–water partition coefficient (Wildman–Crippen LogP) is 2.18. The minimum absolute atomic E-state index is 0.0918. The summed E-state index contributed by atoms with van der Waals surface area (Å²) in [4.78, 5) is 25.8. The van der Waals surface area contributed by atoms with Crippen molar-refractivity contribution in [3.8, 4) is 0 Å². The number of nitrogens with one attached hydrogen (secondary N) is 1. The van der Waals surface area contributed by atoms with E-state index in [0.29, 0.717) is 31.5 Å². The Morgan fingerprint density at radius 1 is 1.16 bits per heavy atom. The Morgan fingerprint density at radius 2 is 1.76 bits per heavy atom. The number of likely N-dealkylation sites (tertiary alicyclic amines) is 1. The van der Waals surface area contributed by atoms with E-state index in [-0.39, 0.29) is 17.9 Å². The number of carbonyl (C=O) groups excluding carboxylic acids is 2. The maximum Gasteiger partial charge on any atom is 0.337 e. The number of amides is 1. The number of carbonyl (C=O) groups is 2. The van der Waals surface area contributed by atoms with E-state index in [1.807, 2.05) is 17.0 Å². The lowest BCUT2D eigenvalue weighted by Crippen LogP contribution is -2.51. The van der Waals surface area contributed by atoms with Crippen LogP contribution in [-0.2, 0) is 9.53 Å². The van der Waals surface area contributed by atoms with Crippen LogP contribution in [0.1, 0.15) is 48.9 Å². The normalized spacial score (nSPS) is 20.3. The third kappa shape index (κ3) is 3.95. The van der Waals surface area contributed by atoms with Gasteiger partial charge in [0, 0.05) is 24.8 Å². The molecule has 1 amide bonds. The zero-order valence-electron chi connectivity index (χ0n) is 14.7. The van der Waals surface area contributed by atoms with E-state index in [9.17, 15) is 14.7 Å². The Bertz CT molecular complexity index is 615. The summed E-state index contributed by atoms with van der Waals surface area (Å²) in [6.07, 6.45) is 4.75. The summed E-state index contributed by atoms with van der Waals surface area (Å²) < 4.78 is 4.69. The molecule has 1 saturated heterocycles. The van der Waals surface area contributed by atoms with Crippen LogP contribution < -0.4 is 5.32 Å². The SMILES string of the molecule is COC(=O)c1ccc(NC2CCN(C(=O)C3(O)CCCC3)CC2)cc1. The van der Waals surface area contributed by atoms with Gasteiger partial charge >= 0.3 is 5.97 Å². The molecule has 1 aliphatic heterocycles. The summed E-state index contributed by atoms with van der Waals surface area (Å²) in [5.41, 5.74) is 0.356. The van der Waals surface area contributed by atoms with Crippen LogP contribution in [0.15, 0.2) is 24.3 Å². The molecule has 2 aliphatic rings. The molecule has 0 bridgehead atoms. The van der Waals surface area contributed by atoms with Crippen molar-refractivity contribution in [2.45, 2.75) is 50.2 Å². The molecule has 0 unspecified atom stereocenters. The number of methoxy groups -OCH3 is 1. The van der Waals surface area contributed by atoms with Crippen LogP contribution >= 0.6 is 0 Å². The van der Waals surface area contributed by atoms with E-state index in [4.69, 9.17) is 4.74 Å². The fourth-order valence-corrected chi connectivity index (χ4v) is 3.75.